The van der Waals surface area contributed by atoms with Crippen molar-refractivity contribution >= 4 is 5.91 Å². The summed E-state index contributed by atoms with van der Waals surface area (Å²) in [5.41, 5.74) is 6.00. The van der Waals surface area contributed by atoms with Crippen LogP contribution in [0.4, 0.5) is 0 Å². The molecule has 0 bridgehead atoms. The summed E-state index contributed by atoms with van der Waals surface area (Å²) in [7, 11) is 0. The Morgan fingerprint density at radius 1 is 1.30 bits per heavy atom. The lowest BCUT2D eigenvalue weighted by Crippen LogP contribution is -2.80. The van der Waals surface area contributed by atoms with Gasteiger partial charge in [0.25, 0.3) is 0 Å². The second-order valence-electron chi connectivity index (χ2n) is 8.10. The number of hydrogen-bond donors (Lipinski definition) is 2. The summed E-state index contributed by atoms with van der Waals surface area (Å²) in [5.74, 6) is 1.13. The molecule has 4 fully saturated rings. The molecule has 1 saturated heterocycles. The van der Waals surface area contributed by atoms with Gasteiger partial charge in [0.2, 0.25) is 5.91 Å². The maximum Gasteiger partial charge on any atom is 0.241 e. The maximum atomic E-state index is 12.7. The molecule has 3 N–H and O–H groups in total. The van der Waals surface area contributed by atoms with Crippen LogP contribution in [0.2, 0.25) is 0 Å². The normalized spacial score (nSPS) is 43.5. The molecule has 0 spiro atoms. The first-order valence-corrected chi connectivity index (χ1v) is 8.11. The van der Waals surface area contributed by atoms with Crippen LogP contribution < -0.4 is 11.1 Å². The number of hydrogen-bond acceptors (Lipinski definition) is 3. The van der Waals surface area contributed by atoms with Gasteiger partial charge in [-0.3, -0.25) is 4.79 Å². The second kappa shape index (κ2) is 3.77. The Morgan fingerprint density at radius 2 is 2.00 bits per heavy atom. The number of carbonyl (C=O) groups is 1. The molecule has 4 rings (SSSR count). The summed E-state index contributed by atoms with van der Waals surface area (Å²) < 4.78 is 5.76. The van der Waals surface area contributed by atoms with Gasteiger partial charge in [-0.2, -0.15) is 0 Å². The fourth-order valence-electron chi connectivity index (χ4n) is 4.83. The van der Waals surface area contributed by atoms with Crippen molar-refractivity contribution in [3.05, 3.63) is 0 Å². The molecule has 4 aliphatic rings. The molecule has 20 heavy (non-hydrogen) atoms. The van der Waals surface area contributed by atoms with E-state index >= 15 is 0 Å². The Kier molecular flexibility index (Phi) is 2.47. The highest BCUT2D eigenvalue weighted by molar-refractivity contribution is 5.89. The predicted molar refractivity (Wildman–Crippen MR) is 75.9 cm³/mol. The van der Waals surface area contributed by atoms with E-state index in [-0.39, 0.29) is 23.3 Å². The van der Waals surface area contributed by atoms with E-state index in [1.165, 1.54) is 25.7 Å². The number of rotatable bonds is 4. The number of nitrogens with one attached hydrogen (secondary N) is 1. The molecule has 0 aromatic heterocycles. The second-order valence-corrected chi connectivity index (χ2v) is 8.10. The molecule has 0 radical (unpaired) electrons. The zero-order chi connectivity index (χ0) is 14.2. The molecule has 1 amide bonds. The minimum absolute atomic E-state index is 0.0566. The Hall–Kier alpha value is -0.610. The standard InChI is InChI=1S/C16H26N2O2/c1-14(2)12-11(5-8-20-12)16(14,17)13(19)18-9-15(6-7-15)10-3-4-10/h10-12H,3-9,17H2,1-2H3,(H,18,19). The van der Waals surface area contributed by atoms with E-state index in [2.05, 4.69) is 19.2 Å². The van der Waals surface area contributed by atoms with Gasteiger partial charge in [-0.05, 0) is 43.4 Å². The van der Waals surface area contributed by atoms with Crippen LogP contribution in [0.15, 0.2) is 0 Å². The number of amides is 1. The van der Waals surface area contributed by atoms with Gasteiger partial charge in [-0.25, -0.2) is 0 Å². The van der Waals surface area contributed by atoms with Crippen molar-refractivity contribution in [2.24, 2.45) is 28.4 Å². The SMILES string of the molecule is CC1(C)C2OCCC2C1(N)C(=O)NCC1(C2CC2)CC1. The molecule has 3 atom stereocenters. The van der Waals surface area contributed by atoms with E-state index in [9.17, 15) is 4.79 Å². The Labute approximate surface area is 120 Å². The Bertz CT molecular complexity index is 453. The smallest absolute Gasteiger partial charge is 0.241 e. The zero-order valence-electron chi connectivity index (χ0n) is 12.6. The van der Waals surface area contributed by atoms with Crippen LogP contribution in [-0.2, 0) is 9.53 Å². The molecule has 0 aromatic carbocycles. The summed E-state index contributed by atoms with van der Waals surface area (Å²) in [5, 5.41) is 3.20. The van der Waals surface area contributed by atoms with Crippen molar-refractivity contribution in [2.75, 3.05) is 13.2 Å². The van der Waals surface area contributed by atoms with E-state index in [4.69, 9.17) is 10.5 Å². The van der Waals surface area contributed by atoms with E-state index < -0.39 is 5.54 Å². The first-order valence-electron chi connectivity index (χ1n) is 8.11. The van der Waals surface area contributed by atoms with Gasteiger partial charge in [-0.1, -0.05) is 13.8 Å². The van der Waals surface area contributed by atoms with Crippen molar-refractivity contribution in [3.8, 4) is 0 Å². The highest BCUT2D eigenvalue weighted by atomic mass is 16.5. The molecule has 3 unspecified atom stereocenters. The fraction of sp³-hybridized carbons (Fsp3) is 0.938. The monoisotopic (exact) mass is 278 g/mol. The van der Waals surface area contributed by atoms with Crippen LogP contribution in [0.5, 0.6) is 0 Å². The van der Waals surface area contributed by atoms with E-state index in [0.717, 1.165) is 25.5 Å². The summed E-state index contributed by atoms with van der Waals surface area (Å²) in [6, 6.07) is 0. The summed E-state index contributed by atoms with van der Waals surface area (Å²) >= 11 is 0. The third-order valence-electron chi connectivity index (χ3n) is 6.77. The van der Waals surface area contributed by atoms with Crippen molar-refractivity contribution < 1.29 is 9.53 Å². The summed E-state index contributed by atoms with van der Waals surface area (Å²) in [6.45, 7) is 5.74. The van der Waals surface area contributed by atoms with Gasteiger partial charge < -0.3 is 15.8 Å². The van der Waals surface area contributed by atoms with Crippen molar-refractivity contribution in [1.29, 1.82) is 0 Å². The molecule has 0 aromatic rings. The first-order chi connectivity index (χ1) is 9.42. The number of ether oxygens (including phenoxy) is 1. The molecule has 4 heteroatoms. The third-order valence-corrected chi connectivity index (χ3v) is 6.77. The molecular formula is C16H26N2O2. The van der Waals surface area contributed by atoms with E-state index in [1.54, 1.807) is 0 Å². The lowest BCUT2D eigenvalue weighted by Gasteiger charge is -2.60. The molecule has 112 valence electrons. The first kappa shape index (κ1) is 13.1. The van der Waals surface area contributed by atoms with Crippen molar-refractivity contribution in [2.45, 2.75) is 57.6 Å². The predicted octanol–water partition coefficient (Wildman–Crippen LogP) is 1.44. The van der Waals surface area contributed by atoms with Crippen LogP contribution in [0.25, 0.3) is 0 Å². The average molecular weight is 278 g/mol. The fourth-order valence-corrected chi connectivity index (χ4v) is 4.83. The van der Waals surface area contributed by atoms with Gasteiger partial charge in [0.15, 0.2) is 0 Å². The lowest BCUT2D eigenvalue weighted by molar-refractivity contribution is -0.175. The van der Waals surface area contributed by atoms with Crippen LogP contribution in [0.3, 0.4) is 0 Å². The molecular weight excluding hydrogens is 252 g/mol. The highest BCUT2D eigenvalue weighted by Gasteiger charge is 2.71. The van der Waals surface area contributed by atoms with Crippen LogP contribution >= 0.6 is 0 Å². The minimum atomic E-state index is -0.742. The maximum absolute atomic E-state index is 12.7. The molecule has 3 saturated carbocycles. The Morgan fingerprint density at radius 3 is 2.60 bits per heavy atom. The van der Waals surface area contributed by atoms with Crippen LogP contribution in [0.1, 0.15) is 46.0 Å². The molecule has 4 nitrogen and oxygen atoms in total. The van der Waals surface area contributed by atoms with Crippen molar-refractivity contribution in [3.63, 3.8) is 0 Å². The van der Waals surface area contributed by atoms with Gasteiger partial charge in [0.05, 0.1) is 6.10 Å². The largest absolute Gasteiger partial charge is 0.377 e. The van der Waals surface area contributed by atoms with Gasteiger partial charge in [0.1, 0.15) is 5.54 Å². The van der Waals surface area contributed by atoms with E-state index in [1.807, 2.05) is 0 Å². The molecule has 1 aliphatic heterocycles. The van der Waals surface area contributed by atoms with Crippen molar-refractivity contribution in [1.82, 2.24) is 5.32 Å². The lowest BCUT2D eigenvalue weighted by atomic mass is 9.48. The number of carbonyl (C=O) groups excluding carboxylic acids is 1. The Balaban J connectivity index is 1.45. The van der Waals surface area contributed by atoms with Gasteiger partial charge >= 0.3 is 0 Å². The molecule has 1 heterocycles. The van der Waals surface area contributed by atoms with E-state index in [0.29, 0.717) is 5.41 Å². The zero-order valence-corrected chi connectivity index (χ0v) is 12.6. The number of nitrogens with two attached hydrogens (primary N) is 1. The third kappa shape index (κ3) is 1.47. The summed E-state index contributed by atoms with van der Waals surface area (Å²) in [4.78, 5) is 12.7. The quantitative estimate of drug-likeness (QED) is 0.818. The average Bonchev–Trinajstić information content (AvgIpc) is 3.32. The topological polar surface area (TPSA) is 64.3 Å². The summed E-state index contributed by atoms with van der Waals surface area (Å²) in [6.07, 6.45) is 6.37. The van der Waals surface area contributed by atoms with Gasteiger partial charge in [0, 0.05) is 24.5 Å². The van der Waals surface area contributed by atoms with Crippen LogP contribution in [-0.4, -0.2) is 30.7 Å². The minimum Gasteiger partial charge on any atom is -0.377 e. The van der Waals surface area contributed by atoms with Crippen LogP contribution in [0, 0.1) is 22.7 Å². The number of fused-ring (bicyclic) bond motifs is 1. The molecule has 3 aliphatic carbocycles. The van der Waals surface area contributed by atoms with Gasteiger partial charge in [-0.15, -0.1) is 0 Å². The highest BCUT2D eigenvalue weighted by Crippen LogP contribution is 2.61.